The standard InChI is InChI=1S/C17H24N2O4S/c20-17(15-6-13-24(21,22)14-15)19(16-4-2-1-3-5-16)8-7-18-9-11-23-12-10-18/h1-5,15H,6-14H2/t15-/m0/s1. The third kappa shape index (κ3) is 4.34. The summed E-state index contributed by atoms with van der Waals surface area (Å²) in [4.78, 5) is 17.0. The highest BCUT2D eigenvalue weighted by Gasteiger charge is 2.35. The lowest BCUT2D eigenvalue weighted by Crippen LogP contribution is -2.45. The van der Waals surface area contributed by atoms with Gasteiger partial charge in [-0.25, -0.2) is 8.42 Å². The van der Waals surface area contributed by atoms with E-state index in [0.29, 0.717) is 13.0 Å². The van der Waals surface area contributed by atoms with Gasteiger partial charge in [-0.05, 0) is 18.6 Å². The zero-order valence-electron chi connectivity index (χ0n) is 13.8. The van der Waals surface area contributed by atoms with E-state index in [9.17, 15) is 13.2 Å². The average Bonchev–Trinajstić information content (AvgIpc) is 2.97. The zero-order valence-corrected chi connectivity index (χ0v) is 14.6. The van der Waals surface area contributed by atoms with Crippen LogP contribution in [-0.4, -0.2) is 70.1 Å². The third-order valence-corrected chi connectivity index (χ3v) is 6.43. The van der Waals surface area contributed by atoms with Crippen LogP contribution in [0.5, 0.6) is 0 Å². The van der Waals surface area contributed by atoms with Crippen LogP contribution in [0.4, 0.5) is 5.69 Å². The largest absolute Gasteiger partial charge is 0.379 e. The Morgan fingerprint density at radius 2 is 1.92 bits per heavy atom. The first-order valence-corrected chi connectivity index (χ1v) is 10.2. The number of ether oxygens (including phenoxy) is 1. The maximum Gasteiger partial charge on any atom is 0.231 e. The van der Waals surface area contributed by atoms with Crippen LogP contribution in [0.15, 0.2) is 30.3 Å². The highest BCUT2D eigenvalue weighted by Crippen LogP contribution is 2.24. The summed E-state index contributed by atoms with van der Waals surface area (Å²) in [6.45, 7) is 4.52. The first kappa shape index (κ1) is 17.4. The van der Waals surface area contributed by atoms with Gasteiger partial charge in [0.05, 0.1) is 30.6 Å². The van der Waals surface area contributed by atoms with Crippen LogP contribution in [0.1, 0.15) is 6.42 Å². The molecule has 132 valence electrons. The van der Waals surface area contributed by atoms with Gasteiger partial charge in [0.1, 0.15) is 0 Å². The summed E-state index contributed by atoms with van der Waals surface area (Å²) in [6, 6.07) is 9.51. The second-order valence-electron chi connectivity index (χ2n) is 6.38. The second-order valence-corrected chi connectivity index (χ2v) is 8.61. The van der Waals surface area contributed by atoms with Crippen molar-refractivity contribution in [3.8, 4) is 0 Å². The van der Waals surface area contributed by atoms with E-state index in [4.69, 9.17) is 4.74 Å². The number of rotatable bonds is 5. The summed E-state index contributed by atoms with van der Waals surface area (Å²) in [5.74, 6) is -0.391. The van der Waals surface area contributed by atoms with Gasteiger partial charge in [0.25, 0.3) is 0 Å². The molecule has 1 amide bonds. The van der Waals surface area contributed by atoms with Gasteiger partial charge >= 0.3 is 0 Å². The van der Waals surface area contributed by atoms with Gasteiger partial charge in [-0.1, -0.05) is 18.2 Å². The van der Waals surface area contributed by atoms with Crippen LogP contribution < -0.4 is 4.90 Å². The van der Waals surface area contributed by atoms with E-state index in [1.807, 2.05) is 30.3 Å². The van der Waals surface area contributed by atoms with Crippen molar-refractivity contribution < 1.29 is 17.9 Å². The number of amides is 1. The molecular formula is C17H24N2O4S. The van der Waals surface area contributed by atoms with Gasteiger partial charge in [0, 0.05) is 31.9 Å². The molecule has 0 bridgehead atoms. The molecule has 24 heavy (non-hydrogen) atoms. The van der Waals surface area contributed by atoms with Crippen LogP contribution >= 0.6 is 0 Å². The first-order valence-electron chi connectivity index (χ1n) is 8.42. The lowest BCUT2D eigenvalue weighted by molar-refractivity contribution is -0.121. The van der Waals surface area contributed by atoms with Gasteiger partial charge in [0.2, 0.25) is 5.91 Å². The summed E-state index contributed by atoms with van der Waals surface area (Å²) in [6.07, 6.45) is 0.433. The number of anilines is 1. The molecule has 1 atom stereocenters. The van der Waals surface area contributed by atoms with Gasteiger partial charge in [-0.15, -0.1) is 0 Å². The van der Waals surface area contributed by atoms with Crippen molar-refractivity contribution in [1.29, 1.82) is 0 Å². The summed E-state index contributed by atoms with van der Waals surface area (Å²) in [5, 5.41) is 0. The molecule has 0 aromatic heterocycles. The maximum atomic E-state index is 12.9. The number of para-hydroxylation sites is 1. The number of carbonyl (C=O) groups is 1. The molecule has 0 saturated carbocycles. The highest BCUT2D eigenvalue weighted by atomic mass is 32.2. The lowest BCUT2D eigenvalue weighted by atomic mass is 10.1. The van der Waals surface area contributed by atoms with E-state index in [-0.39, 0.29) is 17.4 Å². The Balaban J connectivity index is 1.71. The molecule has 0 aliphatic carbocycles. The molecule has 2 aliphatic heterocycles. The Morgan fingerprint density at radius 1 is 1.21 bits per heavy atom. The van der Waals surface area contributed by atoms with Crippen molar-refractivity contribution in [2.45, 2.75) is 6.42 Å². The molecule has 1 aromatic carbocycles. The SMILES string of the molecule is O=C([C@H]1CCS(=O)(=O)C1)N(CCN1CCOCC1)c1ccccc1. The minimum atomic E-state index is -3.07. The smallest absolute Gasteiger partial charge is 0.231 e. The molecule has 1 aromatic rings. The molecule has 3 rings (SSSR count). The molecule has 6 nitrogen and oxygen atoms in total. The zero-order chi connectivity index (χ0) is 17.0. The van der Waals surface area contributed by atoms with Gasteiger partial charge < -0.3 is 9.64 Å². The van der Waals surface area contributed by atoms with Crippen molar-refractivity contribution in [1.82, 2.24) is 4.90 Å². The predicted molar refractivity (Wildman–Crippen MR) is 92.8 cm³/mol. The van der Waals surface area contributed by atoms with Crippen molar-refractivity contribution in [3.05, 3.63) is 30.3 Å². The molecule has 0 spiro atoms. The van der Waals surface area contributed by atoms with Crippen molar-refractivity contribution in [2.75, 3.05) is 55.8 Å². The van der Waals surface area contributed by atoms with Crippen LogP contribution in [0, 0.1) is 5.92 Å². The third-order valence-electron chi connectivity index (χ3n) is 4.66. The fourth-order valence-electron chi connectivity index (χ4n) is 3.25. The molecule has 0 unspecified atom stereocenters. The quantitative estimate of drug-likeness (QED) is 0.784. The molecular weight excluding hydrogens is 328 g/mol. The number of hydrogen-bond donors (Lipinski definition) is 0. The Labute approximate surface area is 143 Å². The molecule has 2 heterocycles. The monoisotopic (exact) mass is 352 g/mol. The molecule has 0 N–H and O–H groups in total. The normalized spacial score (nSPS) is 23.9. The Morgan fingerprint density at radius 3 is 2.54 bits per heavy atom. The van der Waals surface area contributed by atoms with E-state index in [2.05, 4.69) is 4.90 Å². The Hall–Kier alpha value is -1.44. The number of sulfone groups is 1. The number of morpholine rings is 1. The van der Waals surface area contributed by atoms with Crippen LogP contribution in [0.3, 0.4) is 0 Å². The summed E-state index contributed by atoms with van der Waals surface area (Å²) >= 11 is 0. The molecule has 2 aliphatic rings. The van der Waals surface area contributed by atoms with Crippen LogP contribution in [0.2, 0.25) is 0 Å². The number of hydrogen-bond acceptors (Lipinski definition) is 5. The fraction of sp³-hybridized carbons (Fsp3) is 0.588. The predicted octanol–water partition coefficient (Wildman–Crippen LogP) is 0.787. The van der Waals surface area contributed by atoms with E-state index in [1.165, 1.54) is 0 Å². The number of nitrogens with zero attached hydrogens (tertiary/aromatic N) is 2. The molecule has 2 saturated heterocycles. The van der Waals surface area contributed by atoms with E-state index < -0.39 is 15.8 Å². The highest BCUT2D eigenvalue weighted by molar-refractivity contribution is 7.91. The van der Waals surface area contributed by atoms with Crippen molar-refractivity contribution >= 4 is 21.4 Å². The lowest BCUT2D eigenvalue weighted by Gasteiger charge is -2.31. The summed E-state index contributed by atoms with van der Waals surface area (Å²) in [5.41, 5.74) is 0.833. The van der Waals surface area contributed by atoms with E-state index >= 15 is 0 Å². The minimum absolute atomic E-state index is 0.0211. The van der Waals surface area contributed by atoms with Gasteiger partial charge in [-0.3, -0.25) is 9.69 Å². The Bertz CT molecular complexity index is 656. The van der Waals surface area contributed by atoms with Gasteiger partial charge in [-0.2, -0.15) is 0 Å². The summed E-state index contributed by atoms with van der Waals surface area (Å²) in [7, 11) is -3.07. The van der Waals surface area contributed by atoms with Crippen molar-refractivity contribution in [2.24, 2.45) is 5.92 Å². The van der Waals surface area contributed by atoms with Crippen LogP contribution in [-0.2, 0) is 19.4 Å². The van der Waals surface area contributed by atoms with Crippen LogP contribution in [0.25, 0.3) is 0 Å². The van der Waals surface area contributed by atoms with Crippen molar-refractivity contribution in [3.63, 3.8) is 0 Å². The first-order chi connectivity index (χ1) is 11.6. The van der Waals surface area contributed by atoms with Gasteiger partial charge in [0.15, 0.2) is 9.84 Å². The van der Waals surface area contributed by atoms with E-state index in [0.717, 1.165) is 38.5 Å². The summed E-state index contributed by atoms with van der Waals surface area (Å²) < 4.78 is 28.8. The Kier molecular flexibility index (Phi) is 5.53. The maximum absolute atomic E-state index is 12.9. The molecule has 0 radical (unpaired) electrons. The molecule has 2 fully saturated rings. The number of carbonyl (C=O) groups excluding carboxylic acids is 1. The van der Waals surface area contributed by atoms with E-state index in [1.54, 1.807) is 4.90 Å². The topological polar surface area (TPSA) is 66.9 Å². The molecule has 7 heteroatoms. The fourth-order valence-corrected chi connectivity index (χ4v) is 4.98. The number of benzene rings is 1. The average molecular weight is 352 g/mol. The minimum Gasteiger partial charge on any atom is -0.379 e. The second kappa shape index (κ2) is 7.63.